The summed E-state index contributed by atoms with van der Waals surface area (Å²) in [6.07, 6.45) is 2.55. The van der Waals surface area contributed by atoms with E-state index in [9.17, 15) is 33.9 Å². The van der Waals surface area contributed by atoms with Gasteiger partial charge in [-0.05, 0) is 69.6 Å². The zero-order valence-corrected chi connectivity index (χ0v) is 41.1. The molecule has 70 heavy (non-hydrogen) atoms. The molecule has 1 aliphatic rings. The first-order chi connectivity index (χ1) is 33.3. The van der Waals surface area contributed by atoms with Gasteiger partial charge in [0.15, 0.2) is 5.82 Å². The van der Waals surface area contributed by atoms with Crippen molar-refractivity contribution in [3.63, 3.8) is 0 Å². The van der Waals surface area contributed by atoms with Crippen molar-refractivity contribution in [2.75, 3.05) is 41.0 Å². The molecule has 2 aromatic carbocycles. The van der Waals surface area contributed by atoms with Crippen molar-refractivity contribution in [3.8, 4) is 11.6 Å². The van der Waals surface area contributed by atoms with Crippen molar-refractivity contribution >= 4 is 35.7 Å². The third-order valence-electron chi connectivity index (χ3n) is 11.1. The van der Waals surface area contributed by atoms with E-state index in [4.69, 9.17) is 23.5 Å². The van der Waals surface area contributed by atoms with Crippen LogP contribution in [0.15, 0.2) is 77.4 Å². The lowest BCUT2D eigenvalue weighted by Crippen LogP contribution is -2.58. The number of hydrogen-bond donors (Lipinski definition) is 4. The van der Waals surface area contributed by atoms with Crippen LogP contribution in [0.2, 0.25) is 0 Å². The van der Waals surface area contributed by atoms with Crippen molar-refractivity contribution in [3.05, 3.63) is 101 Å². The van der Waals surface area contributed by atoms with Crippen LogP contribution < -0.4 is 25.4 Å². The van der Waals surface area contributed by atoms with Gasteiger partial charge in [0.2, 0.25) is 29.5 Å². The summed E-state index contributed by atoms with van der Waals surface area (Å²) in [5, 5.41) is 21.8. The number of hydrogen-bond acceptors (Lipinski definition) is 14. The van der Waals surface area contributed by atoms with E-state index in [1.54, 1.807) is 20.8 Å². The Morgan fingerprint density at radius 2 is 1.54 bits per heavy atom. The normalized spacial score (nSPS) is 14.1. The molecule has 1 aliphatic carbocycles. The van der Waals surface area contributed by atoms with Crippen LogP contribution in [-0.4, -0.2) is 136 Å². The Morgan fingerprint density at radius 3 is 2.16 bits per heavy atom. The molecule has 4 atom stereocenters. The number of amides is 5. The first kappa shape index (κ1) is 53.9. The molecule has 4 N–H and O–H groups in total. The second-order valence-corrected chi connectivity index (χ2v) is 18.6. The summed E-state index contributed by atoms with van der Waals surface area (Å²) < 4.78 is 28.7. The second kappa shape index (κ2) is 25.5. The van der Waals surface area contributed by atoms with Gasteiger partial charge in [0.25, 0.3) is 5.91 Å². The Labute approximate surface area is 408 Å². The first-order valence-corrected chi connectivity index (χ1v) is 23.3. The van der Waals surface area contributed by atoms with Crippen LogP contribution in [0.3, 0.4) is 0 Å². The third-order valence-corrected chi connectivity index (χ3v) is 11.1. The Bertz CT molecular complexity index is 2370. The average molecular weight is 971 g/mol. The molecule has 2 aromatic heterocycles. The molecular weight excluding hydrogens is 905 g/mol. The Balaban J connectivity index is 1.37. The summed E-state index contributed by atoms with van der Waals surface area (Å²) in [6, 6.07) is 15.5. The number of ether oxygens (including phenoxy) is 4. The predicted molar refractivity (Wildman–Crippen MR) is 255 cm³/mol. The highest BCUT2D eigenvalue weighted by Crippen LogP contribution is 2.38. The zero-order valence-electron chi connectivity index (χ0n) is 41.1. The van der Waals surface area contributed by atoms with Crippen molar-refractivity contribution < 1.29 is 57.3 Å². The molecule has 20 nitrogen and oxygen atoms in total. The number of methoxy groups -OCH3 is 1. The van der Waals surface area contributed by atoms with Gasteiger partial charge in [-0.2, -0.15) is 4.98 Å². The van der Waals surface area contributed by atoms with Gasteiger partial charge in [-0.1, -0.05) is 79.7 Å². The maximum atomic E-state index is 14.7. The number of aliphatic carboxylic acids is 1. The minimum Gasteiger partial charge on any atom is -0.490 e. The van der Waals surface area contributed by atoms with Crippen LogP contribution in [-0.2, 0) is 48.1 Å². The molecular formula is C50H66N8O12. The van der Waals surface area contributed by atoms with E-state index in [1.807, 2.05) is 74.5 Å². The Kier molecular flexibility index (Phi) is 19.6. The number of aromatic nitrogens is 3. The van der Waals surface area contributed by atoms with Gasteiger partial charge in [0, 0.05) is 39.2 Å². The maximum absolute atomic E-state index is 14.7. The lowest BCUT2D eigenvalue weighted by atomic mass is 10.0. The molecule has 5 rings (SSSR count). The van der Waals surface area contributed by atoms with Gasteiger partial charge >= 0.3 is 12.1 Å². The highest BCUT2D eigenvalue weighted by molar-refractivity contribution is 6.02. The smallest absolute Gasteiger partial charge is 0.410 e. The van der Waals surface area contributed by atoms with E-state index in [0.29, 0.717) is 11.7 Å². The molecule has 5 amide bonds. The van der Waals surface area contributed by atoms with Gasteiger partial charge in [-0.25, -0.2) is 9.78 Å². The fourth-order valence-electron chi connectivity index (χ4n) is 7.30. The summed E-state index contributed by atoms with van der Waals surface area (Å²) in [6.45, 7) is 8.76. The molecule has 378 valence electrons. The van der Waals surface area contributed by atoms with Crippen LogP contribution in [0.5, 0.6) is 11.6 Å². The quantitative estimate of drug-likeness (QED) is 0.0665. The number of likely N-dealkylation sites (N-methyl/N-ethyl adjacent to an activating group) is 2. The summed E-state index contributed by atoms with van der Waals surface area (Å²) in [4.78, 5) is 92.9. The number of nitrogens with zero attached hydrogens (tertiary/aromatic N) is 5. The van der Waals surface area contributed by atoms with E-state index < -0.39 is 71.9 Å². The largest absolute Gasteiger partial charge is 0.490 e. The zero-order chi connectivity index (χ0) is 51.0. The first-order valence-electron chi connectivity index (χ1n) is 23.3. The van der Waals surface area contributed by atoms with E-state index in [2.05, 4.69) is 31.1 Å². The fraction of sp³-hybridized carbons (Fsp3) is 0.500. The van der Waals surface area contributed by atoms with Crippen LogP contribution >= 0.6 is 0 Å². The van der Waals surface area contributed by atoms with Crippen molar-refractivity contribution in [1.82, 2.24) is 40.9 Å². The van der Waals surface area contributed by atoms with E-state index in [-0.39, 0.29) is 74.7 Å². The fourth-order valence-corrected chi connectivity index (χ4v) is 7.30. The number of pyridine rings is 1. The number of carbonyl (C=O) groups is 6. The molecule has 20 heteroatoms. The minimum atomic E-state index is -1.53. The molecule has 0 spiro atoms. The molecule has 2 heterocycles. The highest BCUT2D eigenvalue weighted by atomic mass is 16.6. The molecule has 4 aromatic rings. The number of carboxylic acids is 1. The Hall–Kier alpha value is -7.09. The lowest BCUT2D eigenvalue weighted by Gasteiger charge is -2.36. The molecule has 1 fully saturated rings. The number of benzene rings is 2. The second-order valence-electron chi connectivity index (χ2n) is 18.6. The van der Waals surface area contributed by atoms with Crippen LogP contribution in [0.4, 0.5) is 4.79 Å². The number of rotatable bonds is 26. The van der Waals surface area contributed by atoms with E-state index >= 15 is 0 Å². The number of nitrogens with one attached hydrogen (secondary N) is 3. The van der Waals surface area contributed by atoms with Crippen LogP contribution in [0.1, 0.15) is 99.4 Å². The maximum Gasteiger partial charge on any atom is 0.410 e. The lowest BCUT2D eigenvalue weighted by molar-refractivity contribution is -0.145. The summed E-state index contributed by atoms with van der Waals surface area (Å²) in [5.41, 5.74) is 0.608. The van der Waals surface area contributed by atoms with Crippen molar-refractivity contribution in [2.24, 2.45) is 5.92 Å². The molecule has 1 saturated carbocycles. The van der Waals surface area contributed by atoms with E-state index in [0.717, 1.165) is 24.0 Å². The van der Waals surface area contributed by atoms with Crippen molar-refractivity contribution in [1.29, 1.82) is 0 Å². The minimum absolute atomic E-state index is 0.0195. The van der Waals surface area contributed by atoms with Crippen LogP contribution in [0, 0.1) is 5.92 Å². The predicted octanol–water partition coefficient (Wildman–Crippen LogP) is 4.71. The van der Waals surface area contributed by atoms with E-state index in [1.165, 1.54) is 43.3 Å². The topological polar surface area (TPSA) is 254 Å². The molecule has 0 radical (unpaired) electrons. The van der Waals surface area contributed by atoms with Gasteiger partial charge in [0.1, 0.15) is 41.6 Å². The number of carboxylic acid groups (broad SMARTS) is 1. The molecule has 0 aliphatic heterocycles. The van der Waals surface area contributed by atoms with Crippen LogP contribution in [0.25, 0.3) is 0 Å². The molecule has 0 saturated heterocycles. The summed E-state index contributed by atoms with van der Waals surface area (Å²) in [7, 11) is 4.26. The summed E-state index contributed by atoms with van der Waals surface area (Å²) >= 11 is 0. The standard InChI is InChI=1S/C50H66N8O12/c1-31(2)25-37(58(7)49(65)69-50(3,4)5)48(64)57(6)38(30-67-28-33-17-13-10-14-18-33)45(62)53-35(26-32-15-11-9-12-16-32)29-68-39-21-23-52-47(66-8)42(39)46(63)54-36(27-41(59)60)44(61)51-24-22-40-55-43(56-70-40)34-19-20-34/h9-18,21,23,31,34-38H,19-20,22,24-30H2,1-8H3,(H,51,61)(H,53,62)(H,54,63)(H,59,60)/t35-,36+,37+,38?/m1/s1. The third kappa shape index (κ3) is 16.6. The van der Waals surface area contributed by atoms with Crippen molar-refractivity contribution in [2.45, 2.75) is 115 Å². The molecule has 0 bridgehead atoms. The Morgan fingerprint density at radius 1 is 0.871 bits per heavy atom. The van der Waals surface area contributed by atoms with Gasteiger partial charge in [-0.15, -0.1) is 0 Å². The van der Waals surface area contributed by atoms with Gasteiger partial charge < -0.3 is 49.4 Å². The number of carbonyl (C=O) groups excluding carboxylic acids is 5. The summed E-state index contributed by atoms with van der Waals surface area (Å²) in [5.74, 6) is -3.19. The monoisotopic (exact) mass is 970 g/mol. The van der Waals surface area contributed by atoms with Gasteiger partial charge in [0.05, 0.1) is 32.8 Å². The average Bonchev–Trinajstić information content (AvgIpc) is 4.07. The highest BCUT2D eigenvalue weighted by Gasteiger charge is 2.38. The SMILES string of the molecule is COc1nccc(OC[C@@H](Cc2ccccc2)NC(=O)C(COCc2ccccc2)N(C)C(=O)[C@H](CC(C)C)N(C)C(=O)OC(C)(C)C)c1C(=O)N[C@@H](CC(=O)O)C(=O)NCCc1nc(C2CC2)no1. The van der Waals surface area contributed by atoms with Gasteiger partial charge in [-0.3, -0.25) is 28.9 Å². The molecule has 1 unspecified atom stereocenters.